The molecule has 2 atom stereocenters. The quantitative estimate of drug-likeness (QED) is 0.533. The van der Waals surface area contributed by atoms with Crippen LogP contribution in [0.1, 0.15) is 67.2 Å². The Kier molecular flexibility index (Phi) is 6.48. The van der Waals surface area contributed by atoms with Gasteiger partial charge in [-0.15, -0.1) is 0 Å². The summed E-state index contributed by atoms with van der Waals surface area (Å²) in [5.74, 6) is 1.60. The van der Waals surface area contributed by atoms with Crippen LogP contribution in [-0.2, 0) is 0 Å². The Bertz CT molecular complexity index is 135. The molecule has 0 fully saturated rings. The lowest BCUT2D eigenvalue weighted by Gasteiger charge is -2.37. The monoisotopic (exact) mass is 197 g/mol. The second-order valence-electron chi connectivity index (χ2n) is 5.34. The van der Waals surface area contributed by atoms with E-state index in [-0.39, 0.29) is 0 Å². The maximum absolute atomic E-state index is 2.43. The molecule has 0 aromatic heterocycles. The van der Waals surface area contributed by atoms with Gasteiger partial charge in [-0.3, -0.25) is 0 Å². The Morgan fingerprint density at radius 1 is 1.21 bits per heavy atom. The van der Waals surface area contributed by atoms with Crippen LogP contribution in [0.3, 0.4) is 0 Å². The lowest BCUT2D eigenvalue weighted by Crippen LogP contribution is -2.29. The molecule has 0 heteroatoms. The first-order chi connectivity index (χ1) is 6.49. The van der Waals surface area contributed by atoms with Crippen molar-refractivity contribution < 1.29 is 0 Å². The molecule has 0 aromatic rings. The summed E-state index contributed by atoms with van der Waals surface area (Å²) in [4.78, 5) is 0. The molecular weight excluding hydrogens is 168 g/mol. The molecule has 0 saturated carbocycles. The zero-order valence-electron chi connectivity index (χ0n) is 11.1. The topological polar surface area (TPSA) is 0 Å². The molecule has 0 aliphatic rings. The van der Waals surface area contributed by atoms with Gasteiger partial charge in [-0.05, 0) is 30.1 Å². The maximum atomic E-state index is 2.43. The smallest absolute Gasteiger partial charge is 0.0309 e. The maximum Gasteiger partial charge on any atom is -0.0309 e. The molecule has 0 heterocycles. The van der Waals surface area contributed by atoms with Crippen LogP contribution in [0.4, 0.5) is 0 Å². The van der Waals surface area contributed by atoms with Crippen molar-refractivity contribution in [2.45, 2.75) is 67.2 Å². The third-order valence-electron chi connectivity index (χ3n) is 3.69. The van der Waals surface area contributed by atoms with E-state index < -0.39 is 0 Å². The van der Waals surface area contributed by atoms with Crippen LogP contribution in [-0.4, -0.2) is 0 Å². The third kappa shape index (κ3) is 4.02. The summed E-state index contributed by atoms with van der Waals surface area (Å²) in [5.41, 5.74) is 0.486. The van der Waals surface area contributed by atoms with Crippen molar-refractivity contribution >= 4 is 0 Å². The lowest BCUT2D eigenvalue weighted by molar-refractivity contribution is 0.157. The second-order valence-corrected chi connectivity index (χ2v) is 5.34. The number of unbranched alkanes of at least 4 members (excludes halogenated alkanes) is 1. The summed E-state index contributed by atoms with van der Waals surface area (Å²) in [5, 5.41) is 0. The fraction of sp³-hybridized carbons (Fsp3) is 0.929. The molecule has 0 bridgehead atoms. The van der Waals surface area contributed by atoms with E-state index in [2.05, 4.69) is 48.0 Å². The SMILES string of the molecule is C[CH]C(C(C)CC)C(C)(C)CCCC. The highest BCUT2D eigenvalue weighted by molar-refractivity contribution is 4.88. The van der Waals surface area contributed by atoms with Crippen molar-refractivity contribution in [1.29, 1.82) is 0 Å². The number of hydrogen-bond acceptors (Lipinski definition) is 0. The summed E-state index contributed by atoms with van der Waals surface area (Å²) in [6, 6.07) is 0. The average molecular weight is 197 g/mol. The number of rotatable bonds is 7. The van der Waals surface area contributed by atoms with Crippen LogP contribution in [0, 0.1) is 23.7 Å². The van der Waals surface area contributed by atoms with E-state index in [1.165, 1.54) is 25.7 Å². The molecule has 0 aliphatic heterocycles. The predicted octanol–water partition coefficient (Wildman–Crippen LogP) is 5.09. The van der Waals surface area contributed by atoms with Gasteiger partial charge in [0.15, 0.2) is 0 Å². The summed E-state index contributed by atoms with van der Waals surface area (Å²) in [6.07, 6.45) is 7.77. The predicted molar refractivity (Wildman–Crippen MR) is 66.2 cm³/mol. The fourth-order valence-corrected chi connectivity index (χ4v) is 2.60. The molecule has 0 N–H and O–H groups in total. The van der Waals surface area contributed by atoms with Gasteiger partial charge in [-0.1, -0.05) is 60.8 Å². The Hall–Kier alpha value is 0. The van der Waals surface area contributed by atoms with Crippen molar-refractivity contribution in [1.82, 2.24) is 0 Å². The molecular formula is C14H29. The first kappa shape index (κ1) is 14.0. The summed E-state index contributed by atoms with van der Waals surface area (Å²) >= 11 is 0. The molecule has 2 unspecified atom stereocenters. The Morgan fingerprint density at radius 3 is 2.14 bits per heavy atom. The molecule has 0 nitrogen and oxygen atoms in total. The fourth-order valence-electron chi connectivity index (χ4n) is 2.60. The lowest BCUT2D eigenvalue weighted by atomic mass is 9.68. The second kappa shape index (κ2) is 6.48. The van der Waals surface area contributed by atoms with Crippen molar-refractivity contribution in [3.05, 3.63) is 6.42 Å². The summed E-state index contributed by atoms with van der Waals surface area (Å²) < 4.78 is 0. The van der Waals surface area contributed by atoms with Gasteiger partial charge in [-0.25, -0.2) is 0 Å². The highest BCUT2D eigenvalue weighted by atomic mass is 14.4. The standard InChI is InChI=1S/C14H29/c1-7-10-11-14(5,6)13(9-3)12(4)8-2/h9,12-13H,7-8,10-11H2,1-6H3. The first-order valence-corrected chi connectivity index (χ1v) is 6.29. The molecule has 1 radical (unpaired) electrons. The minimum Gasteiger partial charge on any atom is -0.0654 e. The van der Waals surface area contributed by atoms with E-state index in [1.807, 2.05) is 0 Å². The third-order valence-corrected chi connectivity index (χ3v) is 3.69. The van der Waals surface area contributed by atoms with Gasteiger partial charge < -0.3 is 0 Å². The Morgan fingerprint density at radius 2 is 1.79 bits per heavy atom. The zero-order chi connectivity index (χ0) is 11.2. The van der Waals surface area contributed by atoms with Crippen molar-refractivity contribution in [3.8, 4) is 0 Å². The van der Waals surface area contributed by atoms with E-state index in [0.29, 0.717) is 5.41 Å². The van der Waals surface area contributed by atoms with Crippen molar-refractivity contribution in [3.63, 3.8) is 0 Å². The van der Waals surface area contributed by atoms with E-state index in [4.69, 9.17) is 0 Å². The van der Waals surface area contributed by atoms with Crippen LogP contribution < -0.4 is 0 Å². The normalized spacial score (nSPS) is 16.7. The van der Waals surface area contributed by atoms with E-state index >= 15 is 0 Å². The van der Waals surface area contributed by atoms with Crippen LogP contribution in [0.5, 0.6) is 0 Å². The largest absolute Gasteiger partial charge is 0.0654 e. The zero-order valence-corrected chi connectivity index (χ0v) is 11.1. The van der Waals surface area contributed by atoms with E-state index in [9.17, 15) is 0 Å². The highest BCUT2D eigenvalue weighted by Gasteiger charge is 2.30. The first-order valence-electron chi connectivity index (χ1n) is 6.29. The molecule has 0 aromatic carbocycles. The molecule has 14 heavy (non-hydrogen) atoms. The van der Waals surface area contributed by atoms with Gasteiger partial charge in [0.25, 0.3) is 0 Å². The molecule has 0 spiro atoms. The van der Waals surface area contributed by atoms with Crippen molar-refractivity contribution in [2.24, 2.45) is 17.3 Å². The minimum atomic E-state index is 0.486. The van der Waals surface area contributed by atoms with Crippen LogP contribution in [0.2, 0.25) is 0 Å². The van der Waals surface area contributed by atoms with Gasteiger partial charge in [0.05, 0.1) is 0 Å². The molecule has 0 saturated heterocycles. The highest BCUT2D eigenvalue weighted by Crippen LogP contribution is 2.39. The molecule has 0 rings (SSSR count). The van der Waals surface area contributed by atoms with E-state index in [0.717, 1.165) is 11.8 Å². The average Bonchev–Trinajstić information content (AvgIpc) is 2.15. The van der Waals surface area contributed by atoms with Gasteiger partial charge in [0.2, 0.25) is 0 Å². The molecule has 0 aliphatic carbocycles. The summed E-state index contributed by atoms with van der Waals surface area (Å²) in [6.45, 7) is 14.1. The van der Waals surface area contributed by atoms with Crippen LogP contribution in [0.25, 0.3) is 0 Å². The van der Waals surface area contributed by atoms with Crippen LogP contribution in [0.15, 0.2) is 0 Å². The summed E-state index contributed by atoms with van der Waals surface area (Å²) in [7, 11) is 0. The molecule has 0 amide bonds. The van der Waals surface area contributed by atoms with Gasteiger partial charge in [0.1, 0.15) is 0 Å². The van der Waals surface area contributed by atoms with E-state index in [1.54, 1.807) is 0 Å². The minimum absolute atomic E-state index is 0.486. The Labute approximate surface area is 91.5 Å². The Balaban J connectivity index is 4.31. The van der Waals surface area contributed by atoms with Gasteiger partial charge in [0, 0.05) is 0 Å². The van der Waals surface area contributed by atoms with Crippen molar-refractivity contribution in [2.75, 3.05) is 0 Å². The number of hydrogen-bond donors (Lipinski definition) is 0. The van der Waals surface area contributed by atoms with Gasteiger partial charge >= 0.3 is 0 Å². The van der Waals surface area contributed by atoms with Gasteiger partial charge in [-0.2, -0.15) is 0 Å². The molecule has 85 valence electrons. The van der Waals surface area contributed by atoms with Crippen LogP contribution >= 0.6 is 0 Å².